The summed E-state index contributed by atoms with van der Waals surface area (Å²) in [5.74, 6) is 2.37. The third-order valence-electron chi connectivity index (χ3n) is 6.29. The van der Waals surface area contributed by atoms with Crippen LogP contribution in [-0.4, -0.2) is 70.6 Å². The molecular weight excluding hydrogens is 463 g/mol. The van der Waals surface area contributed by atoms with Gasteiger partial charge >= 0.3 is 0 Å². The van der Waals surface area contributed by atoms with Crippen molar-refractivity contribution in [2.24, 2.45) is 4.99 Å². The van der Waals surface area contributed by atoms with Crippen LogP contribution in [0.25, 0.3) is 0 Å². The van der Waals surface area contributed by atoms with Crippen LogP contribution in [0.3, 0.4) is 0 Å². The normalized spacial score (nSPS) is 23.4. The Morgan fingerprint density at radius 2 is 1.96 bits per heavy atom. The van der Waals surface area contributed by atoms with E-state index in [4.69, 9.17) is 9.98 Å². The highest BCUT2D eigenvalue weighted by atomic mass is 127. The predicted octanol–water partition coefficient (Wildman–Crippen LogP) is 2.91. The second kappa shape index (κ2) is 10.8. The molecule has 0 amide bonds. The molecule has 1 aromatic heterocycles. The van der Waals surface area contributed by atoms with Gasteiger partial charge in [0.1, 0.15) is 5.82 Å². The number of hydrogen-bond donors (Lipinski definition) is 1. The van der Waals surface area contributed by atoms with E-state index in [1.54, 1.807) is 0 Å². The quantitative estimate of drug-likeness (QED) is 0.384. The van der Waals surface area contributed by atoms with E-state index in [9.17, 15) is 0 Å². The predicted molar refractivity (Wildman–Crippen MR) is 126 cm³/mol. The van der Waals surface area contributed by atoms with Gasteiger partial charge in [0.25, 0.3) is 0 Å². The lowest BCUT2D eigenvalue weighted by Gasteiger charge is -2.32. The molecule has 0 saturated carbocycles. The lowest BCUT2D eigenvalue weighted by molar-refractivity contribution is 0.168. The molecule has 158 valence electrons. The smallest absolute Gasteiger partial charge is 0.193 e. The maximum atomic E-state index is 4.94. The van der Waals surface area contributed by atoms with Crippen molar-refractivity contribution >= 4 is 29.9 Å². The van der Waals surface area contributed by atoms with Crippen LogP contribution in [-0.2, 0) is 19.4 Å². The molecule has 0 bridgehead atoms. The number of hydrogen-bond acceptors (Lipinski definition) is 3. The minimum absolute atomic E-state index is 0. The Bertz CT molecular complexity index is 613. The molecule has 0 aliphatic carbocycles. The molecule has 1 aromatic rings. The summed E-state index contributed by atoms with van der Waals surface area (Å²) in [5.41, 5.74) is 1.21. The first kappa shape index (κ1) is 21.9. The molecule has 3 aliphatic rings. The number of aliphatic imine (C=N–C) groups is 1. The maximum Gasteiger partial charge on any atom is 0.193 e. The fourth-order valence-electron chi connectivity index (χ4n) is 4.81. The van der Waals surface area contributed by atoms with Crippen LogP contribution >= 0.6 is 24.0 Å². The summed E-state index contributed by atoms with van der Waals surface area (Å²) in [6, 6.07) is 0.717. The molecule has 2 saturated heterocycles. The first-order valence-electron chi connectivity index (χ1n) is 11.2. The van der Waals surface area contributed by atoms with Crippen molar-refractivity contribution in [2.75, 3.05) is 39.3 Å². The van der Waals surface area contributed by atoms with Gasteiger partial charge in [-0.15, -0.1) is 24.0 Å². The zero-order chi connectivity index (χ0) is 18.5. The lowest BCUT2D eigenvalue weighted by atomic mass is 10.1. The van der Waals surface area contributed by atoms with Crippen LogP contribution in [0.1, 0.15) is 57.0 Å². The molecule has 1 N–H and O–H groups in total. The van der Waals surface area contributed by atoms with Crippen LogP contribution in [0.2, 0.25) is 0 Å². The molecule has 0 aromatic carbocycles. The van der Waals surface area contributed by atoms with Gasteiger partial charge in [-0.1, -0.05) is 6.42 Å². The number of likely N-dealkylation sites (tertiary alicyclic amines) is 2. The number of aryl methyl sites for hydroxylation is 2. The van der Waals surface area contributed by atoms with E-state index in [1.165, 1.54) is 63.1 Å². The first-order chi connectivity index (χ1) is 13.3. The zero-order valence-electron chi connectivity index (χ0n) is 17.4. The fourth-order valence-corrected chi connectivity index (χ4v) is 4.81. The number of nitrogens with one attached hydrogen (secondary N) is 1. The van der Waals surface area contributed by atoms with Crippen LogP contribution in [0.4, 0.5) is 0 Å². The van der Waals surface area contributed by atoms with E-state index in [1.807, 2.05) is 0 Å². The highest BCUT2D eigenvalue weighted by Gasteiger charge is 2.29. The van der Waals surface area contributed by atoms with Crippen molar-refractivity contribution in [1.82, 2.24) is 24.7 Å². The first-order valence-corrected chi connectivity index (χ1v) is 11.2. The summed E-state index contributed by atoms with van der Waals surface area (Å²) in [7, 11) is 0. The summed E-state index contributed by atoms with van der Waals surface area (Å²) >= 11 is 0. The Morgan fingerprint density at radius 1 is 1.14 bits per heavy atom. The number of guanidine groups is 1. The summed E-state index contributed by atoms with van der Waals surface area (Å²) in [5, 5.41) is 3.52. The number of fused-ring (bicyclic) bond motifs is 1. The highest BCUT2D eigenvalue weighted by Crippen LogP contribution is 2.20. The number of rotatable bonds is 5. The van der Waals surface area contributed by atoms with Crippen molar-refractivity contribution in [3.63, 3.8) is 0 Å². The molecule has 0 spiro atoms. The zero-order valence-corrected chi connectivity index (χ0v) is 19.7. The average Bonchev–Trinajstić information content (AvgIpc) is 3.35. The molecule has 2 fully saturated rings. The number of nitrogens with zero attached hydrogens (tertiary/aromatic N) is 5. The SMILES string of the molecule is CCNC(=NCCc1cn2c(n1)CCCC2)N1CCC(N2CCCCC2)C1.I. The lowest BCUT2D eigenvalue weighted by Crippen LogP contribution is -2.44. The van der Waals surface area contributed by atoms with E-state index >= 15 is 0 Å². The molecule has 1 unspecified atom stereocenters. The average molecular weight is 500 g/mol. The molecule has 4 heterocycles. The Hall–Kier alpha value is -0.830. The molecule has 4 rings (SSSR count). The van der Waals surface area contributed by atoms with Gasteiger partial charge in [-0.2, -0.15) is 0 Å². The molecule has 28 heavy (non-hydrogen) atoms. The van der Waals surface area contributed by atoms with E-state index in [-0.39, 0.29) is 24.0 Å². The van der Waals surface area contributed by atoms with Gasteiger partial charge in [0, 0.05) is 57.8 Å². The van der Waals surface area contributed by atoms with E-state index in [0.29, 0.717) is 6.04 Å². The van der Waals surface area contributed by atoms with Gasteiger partial charge in [-0.05, 0) is 52.1 Å². The molecule has 7 heteroatoms. The van der Waals surface area contributed by atoms with Crippen molar-refractivity contribution in [3.05, 3.63) is 17.7 Å². The van der Waals surface area contributed by atoms with Crippen molar-refractivity contribution in [1.29, 1.82) is 0 Å². The Balaban J connectivity index is 0.00000225. The van der Waals surface area contributed by atoms with E-state index in [2.05, 4.69) is 32.8 Å². The molecule has 1 atom stereocenters. The van der Waals surface area contributed by atoms with Gasteiger partial charge in [0.2, 0.25) is 0 Å². The number of aromatic nitrogens is 2. The summed E-state index contributed by atoms with van der Waals surface area (Å²) in [6.45, 7) is 9.90. The van der Waals surface area contributed by atoms with Gasteiger partial charge in [0.15, 0.2) is 5.96 Å². The maximum absolute atomic E-state index is 4.94. The Labute approximate surface area is 187 Å². The van der Waals surface area contributed by atoms with Crippen molar-refractivity contribution < 1.29 is 0 Å². The molecular formula is C21H37IN6. The number of imidazole rings is 1. The van der Waals surface area contributed by atoms with Crippen LogP contribution < -0.4 is 5.32 Å². The second-order valence-electron chi connectivity index (χ2n) is 8.27. The van der Waals surface area contributed by atoms with Crippen LogP contribution in [0.5, 0.6) is 0 Å². The molecule has 6 nitrogen and oxygen atoms in total. The highest BCUT2D eigenvalue weighted by molar-refractivity contribution is 14.0. The van der Waals surface area contributed by atoms with Gasteiger partial charge < -0.3 is 14.8 Å². The minimum atomic E-state index is 0. The third kappa shape index (κ3) is 5.40. The van der Waals surface area contributed by atoms with Gasteiger partial charge in [0.05, 0.1) is 5.69 Å². The van der Waals surface area contributed by atoms with Crippen LogP contribution in [0.15, 0.2) is 11.2 Å². The van der Waals surface area contributed by atoms with E-state index in [0.717, 1.165) is 51.5 Å². The topological polar surface area (TPSA) is 48.7 Å². The standard InChI is InChI=1S/C21H36N6.HI/c1-2-22-21(27-15-10-19(17-27)25-12-5-3-6-13-25)23-11-9-18-16-26-14-7-4-8-20(26)24-18;/h16,19H,2-15,17H2,1H3,(H,22,23);1H. The summed E-state index contributed by atoms with van der Waals surface area (Å²) in [4.78, 5) is 14.9. The third-order valence-corrected chi connectivity index (χ3v) is 6.29. The Morgan fingerprint density at radius 3 is 2.75 bits per heavy atom. The second-order valence-corrected chi connectivity index (χ2v) is 8.27. The number of piperidine rings is 1. The van der Waals surface area contributed by atoms with Gasteiger partial charge in [-0.3, -0.25) is 9.89 Å². The van der Waals surface area contributed by atoms with Crippen LogP contribution in [0, 0.1) is 0 Å². The number of halogens is 1. The summed E-state index contributed by atoms with van der Waals surface area (Å²) in [6.07, 6.45) is 12.3. The minimum Gasteiger partial charge on any atom is -0.357 e. The van der Waals surface area contributed by atoms with Crippen molar-refractivity contribution in [2.45, 2.75) is 70.9 Å². The monoisotopic (exact) mass is 500 g/mol. The fraction of sp³-hybridized carbons (Fsp3) is 0.810. The van der Waals surface area contributed by atoms with Crippen molar-refractivity contribution in [3.8, 4) is 0 Å². The summed E-state index contributed by atoms with van der Waals surface area (Å²) < 4.78 is 2.34. The van der Waals surface area contributed by atoms with E-state index < -0.39 is 0 Å². The van der Waals surface area contributed by atoms with Gasteiger partial charge in [-0.25, -0.2) is 4.98 Å². The largest absolute Gasteiger partial charge is 0.357 e. The molecule has 0 radical (unpaired) electrons. The molecule has 3 aliphatic heterocycles. The Kier molecular flexibility index (Phi) is 8.44.